The molecule has 1 aliphatic carbocycles. The molecular weight excluding hydrogens is 246 g/mol. The summed E-state index contributed by atoms with van der Waals surface area (Å²) in [7, 11) is 0. The fraction of sp³-hybridized carbons (Fsp3) is 0.667. The molecule has 2 heteroatoms. The summed E-state index contributed by atoms with van der Waals surface area (Å²) < 4.78 is 5.88. The maximum atomic E-state index is 5.88. The molecule has 2 unspecified atom stereocenters. The highest BCUT2D eigenvalue weighted by Crippen LogP contribution is 2.27. The topological polar surface area (TPSA) is 21.3 Å². The quantitative estimate of drug-likeness (QED) is 0.821. The Morgan fingerprint density at radius 3 is 2.70 bits per heavy atom. The number of nitrogens with one attached hydrogen (secondary N) is 1. The van der Waals surface area contributed by atoms with Crippen molar-refractivity contribution in [3.8, 4) is 0 Å². The fourth-order valence-corrected chi connectivity index (χ4v) is 3.06. The summed E-state index contributed by atoms with van der Waals surface area (Å²) in [5.41, 5.74) is 3.08. The van der Waals surface area contributed by atoms with Gasteiger partial charge in [0.1, 0.15) is 0 Å². The van der Waals surface area contributed by atoms with Crippen LogP contribution in [0.4, 0.5) is 0 Å². The number of rotatable bonds is 7. The van der Waals surface area contributed by atoms with Crippen molar-refractivity contribution in [1.29, 1.82) is 0 Å². The van der Waals surface area contributed by atoms with Crippen LogP contribution in [-0.4, -0.2) is 25.3 Å². The molecule has 0 amide bonds. The molecular formula is C18H29NO. The standard InChI is InChI=1S/C18H29NO/c1-4-11-19-18(13-20-14(2)3)17-10-9-15-7-5-6-8-16(15)12-17/h5-8,14,17-19H,4,9-13H2,1-3H3. The summed E-state index contributed by atoms with van der Waals surface area (Å²) in [5.74, 6) is 0.704. The van der Waals surface area contributed by atoms with Crippen molar-refractivity contribution in [2.24, 2.45) is 5.92 Å². The van der Waals surface area contributed by atoms with Gasteiger partial charge in [-0.1, -0.05) is 31.2 Å². The van der Waals surface area contributed by atoms with Crippen LogP contribution in [0.25, 0.3) is 0 Å². The average Bonchev–Trinajstić information content (AvgIpc) is 2.46. The van der Waals surface area contributed by atoms with Gasteiger partial charge < -0.3 is 10.1 Å². The maximum Gasteiger partial charge on any atom is 0.0625 e. The Bertz CT molecular complexity index is 402. The van der Waals surface area contributed by atoms with Crippen molar-refractivity contribution < 1.29 is 4.74 Å². The normalized spacial score (nSPS) is 19.9. The van der Waals surface area contributed by atoms with E-state index in [1.807, 2.05) is 0 Å². The van der Waals surface area contributed by atoms with Gasteiger partial charge in [-0.15, -0.1) is 0 Å². The molecule has 0 heterocycles. The van der Waals surface area contributed by atoms with Crippen molar-refractivity contribution in [1.82, 2.24) is 5.32 Å². The second kappa shape index (κ2) is 7.80. The monoisotopic (exact) mass is 275 g/mol. The third-order valence-corrected chi connectivity index (χ3v) is 4.22. The highest BCUT2D eigenvalue weighted by Gasteiger charge is 2.26. The average molecular weight is 275 g/mol. The van der Waals surface area contributed by atoms with E-state index in [9.17, 15) is 0 Å². The largest absolute Gasteiger partial charge is 0.377 e. The van der Waals surface area contributed by atoms with Gasteiger partial charge in [-0.05, 0) is 63.1 Å². The Hall–Kier alpha value is -0.860. The Balaban J connectivity index is 1.98. The predicted octanol–water partition coefficient (Wildman–Crippen LogP) is 3.58. The van der Waals surface area contributed by atoms with Gasteiger partial charge in [0.25, 0.3) is 0 Å². The highest BCUT2D eigenvalue weighted by molar-refractivity contribution is 5.30. The minimum Gasteiger partial charge on any atom is -0.377 e. The summed E-state index contributed by atoms with van der Waals surface area (Å²) in [4.78, 5) is 0. The molecule has 1 aromatic carbocycles. The zero-order chi connectivity index (χ0) is 14.4. The predicted molar refractivity (Wildman–Crippen MR) is 85.1 cm³/mol. The zero-order valence-corrected chi connectivity index (χ0v) is 13.2. The summed E-state index contributed by atoms with van der Waals surface area (Å²) in [6, 6.07) is 9.39. The van der Waals surface area contributed by atoms with E-state index in [1.54, 1.807) is 5.56 Å². The molecule has 0 saturated carbocycles. The molecule has 2 atom stereocenters. The second-order valence-electron chi connectivity index (χ2n) is 6.21. The van der Waals surface area contributed by atoms with Crippen molar-refractivity contribution in [3.63, 3.8) is 0 Å². The van der Waals surface area contributed by atoms with E-state index in [1.165, 1.54) is 31.2 Å². The molecule has 0 bridgehead atoms. The lowest BCUT2D eigenvalue weighted by Gasteiger charge is -2.32. The number of benzene rings is 1. The van der Waals surface area contributed by atoms with E-state index in [0.29, 0.717) is 18.1 Å². The summed E-state index contributed by atoms with van der Waals surface area (Å²) in [5, 5.41) is 3.70. The molecule has 20 heavy (non-hydrogen) atoms. The van der Waals surface area contributed by atoms with E-state index in [-0.39, 0.29) is 0 Å². The number of aryl methyl sites for hydroxylation is 1. The van der Waals surface area contributed by atoms with Gasteiger partial charge >= 0.3 is 0 Å². The molecule has 0 spiro atoms. The van der Waals surface area contributed by atoms with Gasteiger partial charge in [-0.3, -0.25) is 0 Å². The van der Waals surface area contributed by atoms with Crippen LogP contribution in [0.15, 0.2) is 24.3 Å². The molecule has 112 valence electrons. The molecule has 2 nitrogen and oxygen atoms in total. The van der Waals surface area contributed by atoms with Crippen molar-refractivity contribution in [3.05, 3.63) is 35.4 Å². The molecule has 1 aliphatic rings. The first kappa shape index (κ1) is 15.5. The van der Waals surface area contributed by atoms with Gasteiger partial charge in [-0.2, -0.15) is 0 Å². The van der Waals surface area contributed by atoms with Crippen LogP contribution < -0.4 is 5.32 Å². The van der Waals surface area contributed by atoms with Crippen LogP contribution >= 0.6 is 0 Å². The second-order valence-corrected chi connectivity index (χ2v) is 6.21. The van der Waals surface area contributed by atoms with E-state index < -0.39 is 0 Å². The number of fused-ring (bicyclic) bond motifs is 1. The van der Waals surface area contributed by atoms with Crippen LogP contribution in [0.3, 0.4) is 0 Å². The van der Waals surface area contributed by atoms with E-state index >= 15 is 0 Å². The molecule has 1 aromatic rings. The molecule has 0 radical (unpaired) electrons. The summed E-state index contributed by atoms with van der Waals surface area (Å²) in [6.07, 6.45) is 5.18. The Kier molecular flexibility index (Phi) is 6.06. The summed E-state index contributed by atoms with van der Waals surface area (Å²) >= 11 is 0. The van der Waals surface area contributed by atoms with Gasteiger partial charge in [0, 0.05) is 6.04 Å². The first-order chi connectivity index (χ1) is 9.70. The van der Waals surface area contributed by atoms with Crippen LogP contribution in [0, 0.1) is 5.92 Å². The fourth-order valence-electron chi connectivity index (χ4n) is 3.06. The van der Waals surface area contributed by atoms with Crippen molar-refractivity contribution in [2.75, 3.05) is 13.2 Å². The maximum absolute atomic E-state index is 5.88. The molecule has 2 rings (SSSR count). The minimum absolute atomic E-state index is 0.316. The minimum atomic E-state index is 0.316. The van der Waals surface area contributed by atoms with Crippen molar-refractivity contribution in [2.45, 2.75) is 58.6 Å². The van der Waals surface area contributed by atoms with Gasteiger partial charge in [0.05, 0.1) is 12.7 Å². The lowest BCUT2D eigenvalue weighted by Crippen LogP contribution is -2.43. The van der Waals surface area contributed by atoms with E-state index in [4.69, 9.17) is 4.74 Å². The van der Waals surface area contributed by atoms with Gasteiger partial charge in [0.2, 0.25) is 0 Å². The molecule has 1 N–H and O–H groups in total. The number of ether oxygens (including phenoxy) is 1. The SMILES string of the molecule is CCCNC(COC(C)C)C1CCc2ccccc2C1. The molecule has 0 fully saturated rings. The third kappa shape index (κ3) is 4.32. The molecule has 0 saturated heterocycles. The first-order valence-corrected chi connectivity index (χ1v) is 8.12. The smallest absolute Gasteiger partial charge is 0.0625 e. The van der Waals surface area contributed by atoms with Gasteiger partial charge in [-0.25, -0.2) is 0 Å². The Morgan fingerprint density at radius 1 is 1.25 bits per heavy atom. The summed E-state index contributed by atoms with van der Waals surface area (Å²) in [6.45, 7) is 8.39. The third-order valence-electron chi connectivity index (χ3n) is 4.22. The van der Waals surface area contributed by atoms with Crippen LogP contribution in [0.5, 0.6) is 0 Å². The van der Waals surface area contributed by atoms with Crippen molar-refractivity contribution >= 4 is 0 Å². The lowest BCUT2D eigenvalue weighted by atomic mass is 9.80. The Morgan fingerprint density at radius 2 is 2.00 bits per heavy atom. The highest BCUT2D eigenvalue weighted by atomic mass is 16.5. The zero-order valence-electron chi connectivity index (χ0n) is 13.2. The van der Waals surface area contributed by atoms with E-state index in [0.717, 1.165) is 13.2 Å². The van der Waals surface area contributed by atoms with Gasteiger partial charge in [0.15, 0.2) is 0 Å². The van der Waals surface area contributed by atoms with Crippen LogP contribution in [0.1, 0.15) is 44.7 Å². The number of hydrogen-bond donors (Lipinski definition) is 1. The Labute approximate surface area is 123 Å². The van der Waals surface area contributed by atoms with Crippen LogP contribution in [0.2, 0.25) is 0 Å². The van der Waals surface area contributed by atoms with E-state index in [2.05, 4.69) is 50.4 Å². The molecule has 0 aromatic heterocycles. The van der Waals surface area contributed by atoms with Crippen LogP contribution in [-0.2, 0) is 17.6 Å². The first-order valence-electron chi connectivity index (χ1n) is 8.12. The number of hydrogen-bond acceptors (Lipinski definition) is 2. The lowest BCUT2D eigenvalue weighted by molar-refractivity contribution is 0.0462. The molecule has 0 aliphatic heterocycles.